The van der Waals surface area contributed by atoms with Crippen molar-refractivity contribution in [3.63, 3.8) is 0 Å². The third kappa shape index (κ3) is 1.95. The van der Waals surface area contributed by atoms with Crippen molar-refractivity contribution in [2.45, 2.75) is 38.5 Å². The first-order valence-electron chi connectivity index (χ1n) is 5.48. The average molecular weight is 191 g/mol. The van der Waals surface area contributed by atoms with Crippen LogP contribution in [0.25, 0.3) is 0 Å². The molecule has 1 aliphatic carbocycles. The molecule has 2 heteroatoms. The Hall–Kier alpha value is -0.890. The largest absolute Gasteiger partial charge is 0.396 e. The highest BCUT2D eigenvalue weighted by atomic mass is 16.2. The van der Waals surface area contributed by atoms with Crippen LogP contribution in [0.3, 0.4) is 0 Å². The summed E-state index contributed by atoms with van der Waals surface area (Å²) >= 11 is 0. The lowest BCUT2D eigenvalue weighted by Gasteiger charge is -2.18. The molecule has 76 valence electrons. The summed E-state index contributed by atoms with van der Waals surface area (Å²) in [6.07, 6.45) is 8.69. The van der Waals surface area contributed by atoms with Gasteiger partial charge in [-0.05, 0) is 55.7 Å². The molecule has 1 aromatic rings. The molecule has 0 atom stereocenters. The second kappa shape index (κ2) is 4.56. The van der Waals surface area contributed by atoms with Crippen molar-refractivity contribution >= 4 is 0 Å². The zero-order valence-electron chi connectivity index (χ0n) is 8.50. The first kappa shape index (κ1) is 9.66. The van der Waals surface area contributed by atoms with Crippen molar-refractivity contribution < 1.29 is 5.11 Å². The molecule has 1 heterocycles. The maximum atomic E-state index is 8.80. The van der Waals surface area contributed by atoms with E-state index < -0.39 is 0 Å². The van der Waals surface area contributed by atoms with E-state index in [2.05, 4.69) is 11.1 Å². The number of aryl methyl sites for hydroxylation is 2. The Morgan fingerprint density at radius 3 is 3.00 bits per heavy atom. The van der Waals surface area contributed by atoms with E-state index in [4.69, 9.17) is 5.11 Å². The quantitative estimate of drug-likeness (QED) is 0.791. The van der Waals surface area contributed by atoms with Gasteiger partial charge in [0.05, 0.1) is 0 Å². The fraction of sp³-hybridized carbons (Fsp3) is 0.583. The van der Waals surface area contributed by atoms with Crippen LogP contribution in [0.4, 0.5) is 0 Å². The van der Waals surface area contributed by atoms with Crippen molar-refractivity contribution in [3.05, 3.63) is 29.1 Å². The van der Waals surface area contributed by atoms with Gasteiger partial charge >= 0.3 is 0 Å². The molecule has 0 spiro atoms. The lowest BCUT2D eigenvalue weighted by molar-refractivity contribution is 0.288. The van der Waals surface area contributed by atoms with Crippen LogP contribution in [0, 0.1) is 0 Å². The summed E-state index contributed by atoms with van der Waals surface area (Å²) in [6.45, 7) is 0.269. The van der Waals surface area contributed by atoms with Crippen molar-refractivity contribution in [1.29, 1.82) is 0 Å². The number of aromatic nitrogens is 1. The van der Waals surface area contributed by atoms with Gasteiger partial charge in [-0.1, -0.05) is 0 Å². The highest BCUT2D eigenvalue weighted by molar-refractivity contribution is 5.32. The van der Waals surface area contributed by atoms with Gasteiger partial charge in [-0.15, -0.1) is 0 Å². The number of aliphatic hydroxyl groups excluding tert-OH is 1. The molecular weight excluding hydrogens is 174 g/mol. The minimum absolute atomic E-state index is 0.269. The van der Waals surface area contributed by atoms with Crippen LogP contribution in [0.5, 0.6) is 0 Å². The number of pyridine rings is 1. The predicted molar refractivity (Wildman–Crippen MR) is 56.3 cm³/mol. The van der Waals surface area contributed by atoms with Crippen LogP contribution in [-0.2, 0) is 19.3 Å². The van der Waals surface area contributed by atoms with Crippen LogP contribution < -0.4 is 0 Å². The zero-order chi connectivity index (χ0) is 9.80. The number of rotatable bonds is 3. The standard InChI is InChI=1S/C12H17NO/c14-9-3-6-12-11-5-2-1-4-10(11)7-8-13-12/h7-8,14H,1-6,9H2. The van der Waals surface area contributed by atoms with Gasteiger partial charge in [0.25, 0.3) is 0 Å². The van der Waals surface area contributed by atoms with Crippen LogP contribution in [0.2, 0.25) is 0 Å². The van der Waals surface area contributed by atoms with Crippen LogP contribution >= 0.6 is 0 Å². The van der Waals surface area contributed by atoms with E-state index in [-0.39, 0.29) is 6.61 Å². The monoisotopic (exact) mass is 191 g/mol. The van der Waals surface area contributed by atoms with Crippen molar-refractivity contribution in [2.24, 2.45) is 0 Å². The summed E-state index contributed by atoms with van der Waals surface area (Å²) in [6, 6.07) is 2.15. The van der Waals surface area contributed by atoms with Crippen LogP contribution in [0.1, 0.15) is 36.1 Å². The highest BCUT2D eigenvalue weighted by Crippen LogP contribution is 2.23. The van der Waals surface area contributed by atoms with Gasteiger partial charge in [0.2, 0.25) is 0 Å². The molecule has 14 heavy (non-hydrogen) atoms. The fourth-order valence-corrected chi connectivity index (χ4v) is 2.20. The Morgan fingerprint density at radius 2 is 2.14 bits per heavy atom. The van der Waals surface area contributed by atoms with E-state index in [1.54, 1.807) is 0 Å². The Morgan fingerprint density at radius 1 is 1.29 bits per heavy atom. The number of aliphatic hydroxyl groups is 1. The Labute approximate surface area is 85.0 Å². The summed E-state index contributed by atoms with van der Waals surface area (Å²) in [5, 5.41) is 8.80. The Balaban J connectivity index is 2.21. The van der Waals surface area contributed by atoms with Gasteiger partial charge in [-0.3, -0.25) is 4.98 Å². The fourth-order valence-electron chi connectivity index (χ4n) is 2.20. The van der Waals surface area contributed by atoms with Crippen molar-refractivity contribution in [1.82, 2.24) is 4.98 Å². The molecule has 0 fully saturated rings. The van der Waals surface area contributed by atoms with E-state index in [0.29, 0.717) is 0 Å². The van der Waals surface area contributed by atoms with Gasteiger partial charge in [-0.25, -0.2) is 0 Å². The lowest BCUT2D eigenvalue weighted by atomic mass is 9.90. The molecule has 1 aromatic heterocycles. The van der Waals surface area contributed by atoms with Gasteiger partial charge in [-0.2, -0.15) is 0 Å². The van der Waals surface area contributed by atoms with Gasteiger partial charge in [0.15, 0.2) is 0 Å². The van der Waals surface area contributed by atoms with E-state index in [1.807, 2.05) is 6.20 Å². The van der Waals surface area contributed by atoms with Gasteiger partial charge < -0.3 is 5.11 Å². The smallest absolute Gasteiger partial charge is 0.0439 e. The molecule has 2 rings (SSSR count). The van der Waals surface area contributed by atoms with E-state index in [1.165, 1.54) is 42.5 Å². The molecule has 0 amide bonds. The summed E-state index contributed by atoms with van der Waals surface area (Å²) < 4.78 is 0. The number of fused-ring (bicyclic) bond motifs is 1. The number of nitrogens with zero attached hydrogens (tertiary/aromatic N) is 1. The molecule has 1 aliphatic rings. The van der Waals surface area contributed by atoms with E-state index >= 15 is 0 Å². The molecule has 0 aliphatic heterocycles. The molecule has 1 N–H and O–H groups in total. The second-order valence-corrected chi connectivity index (χ2v) is 3.93. The minimum atomic E-state index is 0.269. The van der Waals surface area contributed by atoms with Gasteiger partial charge in [0.1, 0.15) is 0 Å². The van der Waals surface area contributed by atoms with E-state index in [0.717, 1.165) is 12.8 Å². The van der Waals surface area contributed by atoms with Crippen LogP contribution in [-0.4, -0.2) is 16.7 Å². The second-order valence-electron chi connectivity index (χ2n) is 3.93. The summed E-state index contributed by atoms with van der Waals surface area (Å²) in [4.78, 5) is 4.42. The Kier molecular flexibility index (Phi) is 3.14. The SMILES string of the molecule is OCCCc1nccc2c1CCCC2. The molecule has 0 radical (unpaired) electrons. The summed E-state index contributed by atoms with van der Waals surface area (Å²) in [7, 11) is 0. The highest BCUT2D eigenvalue weighted by Gasteiger charge is 2.13. The third-order valence-electron chi connectivity index (χ3n) is 2.94. The molecule has 2 nitrogen and oxygen atoms in total. The summed E-state index contributed by atoms with van der Waals surface area (Å²) in [5.41, 5.74) is 4.17. The number of hydrogen-bond acceptors (Lipinski definition) is 2. The molecule has 0 saturated carbocycles. The van der Waals surface area contributed by atoms with Crippen molar-refractivity contribution in [3.8, 4) is 0 Å². The minimum Gasteiger partial charge on any atom is -0.396 e. The first-order chi connectivity index (χ1) is 6.92. The maximum absolute atomic E-state index is 8.80. The first-order valence-corrected chi connectivity index (χ1v) is 5.48. The molecular formula is C12H17NO. The molecule has 0 saturated heterocycles. The van der Waals surface area contributed by atoms with E-state index in [9.17, 15) is 0 Å². The van der Waals surface area contributed by atoms with Crippen molar-refractivity contribution in [2.75, 3.05) is 6.61 Å². The predicted octanol–water partition coefficient (Wildman–Crippen LogP) is 1.89. The van der Waals surface area contributed by atoms with Crippen LogP contribution in [0.15, 0.2) is 12.3 Å². The Bertz CT molecular complexity index is 309. The average Bonchev–Trinajstić information content (AvgIpc) is 2.26. The molecule has 0 bridgehead atoms. The van der Waals surface area contributed by atoms with Gasteiger partial charge in [0, 0.05) is 18.5 Å². The maximum Gasteiger partial charge on any atom is 0.0439 e. The normalized spacial score (nSPS) is 15.2. The summed E-state index contributed by atoms with van der Waals surface area (Å²) in [5.74, 6) is 0. The molecule has 0 aromatic carbocycles. The lowest BCUT2D eigenvalue weighted by Crippen LogP contribution is -2.08. The third-order valence-corrected chi connectivity index (χ3v) is 2.94. The molecule has 0 unspecified atom stereocenters. The topological polar surface area (TPSA) is 33.1 Å². The zero-order valence-corrected chi connectivity index (χ0v) is 8.50. The number of hydrogen-bond donors (Lipinski definition) is 1.